The molecule has 0 radical (unpaired) electrons. The summed E-state index contributed by atoms with van der Waals surface area (Å²) in [5, 5.41) is 7.28. The normalized spacial score (nSPS) is 11.6. The predicted octanol–water partition coefficient (Wildman–Crippen LogP) is 12.6. The maximum atomic E-state index is 6.63. The van der Waals surface area contributed by atoms with Crippen LogP contribution in [0.3, 0.4) is 0 Å². The molecule has 0 aliphatic carbocycles. The lowest BCUT2D eigenvalue weighted by Gasteiger charge is -2.17. The van der Waals surface area contributed by atoms with E-state index in [0.717, 1.165) is 33.1 Å². The van der Waals surface area contributed by atoms with Crippen LogP contribution in [0.4, 0.5) is 0 Å². The summed E-state index contributed by atoms with van der Waals surface area (Å²) in [6.45, 7) is 0. The molecule has 1 heterocycles. The topological polar surface area (TPSA) is 13.1 Å². The Morgan fingerprint density at radius 1 is 0.289 bits per heavy atom. The highest BCUT2D eigenvalue weighted by atomic mass is 16.3. The first-order valence-electron chi connectivity index (χ1n) is 15.4. The summed E-state index contributed by atoms with van der Waals surface area (Å²) in [5.74, 6) is 0. The third-order valence-electron chi connectivity index (χ3n) is 9.06. The Kier molecular flexibility index (Phi) is 5.89. The van der Waals surface area contributed by atoms with Gasteiger partial charge in [-0.3, -0.25) is 0 Å². The zero-order valence-corrected chi connectivity index (χ0v) is 24.6. The van der Waals surface area contributed by atoms with Gasteiger partial charge in [-0.15, -0.1) is 0 Å². The number of furan rings is 1. The average molecular weight is 573 g/mol. The molecule has 9 rings (SSSR count). The lowest BCUT2D eigenvalue weighted by atomic mass is 9.86. The van der Waals surface area contributed by atoms with Crippen LogP contribution in [0.15, 0.2) is 174 Å². The van der Waals surface area contributed by atoms with Crippen molar-refractivity contribution >= 4 is 43.5 Å². The van der Waals surface area contributed by atoms with E-state index in [1.807, 2.05) is 0 Å². The van der Waals surface area contributed by atoms with E-state index in [-0.39, 0.29) is 0 Å². The summed E-state index contributed by atoms with van der Waals surface area (Å²) in [4.78, 5) is 0. The second-order valence-corrected chi connectivity index (χ2v) is 11.6. The Hall–Kier alpha value is -5.92. The molecular weight excluding hydrogens is 544 g/mol. The van der Waals surface area contributed by atoms with Crippen LogP contribution in [0.25, 0.3) is 88.0 Å². The van der Waals surface area contributed by atoms with Crippen LogP contribution in [0.1, 0.15) is 0 Å². The molecule has 0 amide bonds. The summed E-state index contributed by atoms with van der Waals surface area (Å²) < 4.78 is 6.63. The first kappa shape index (κ1) is 25.6. The molecule has 0 saturated heterocycles. The van der Waals surface area contributed by atoms with Crippen molar-refractivity contribution in [3.8, 4) is 44.5 Å². The molecule has 0 bridgehead atoms. The van der Waals surface area contributed by atoms with E-state index in [1.54, 1.807) is 0 Å². The van der Waals surface area contributed by atoms with Gasteiger partial charge in [0.25, 0.3) is 0 Å². The number of para-hydroxylation sites is 1. The second-order valence-electron chi connectivity index (χ2n) is 11.6. The van der Waals surface area contributed by atoms with E-state index in [9.17, 15) is 0 Å². The van der Waals surface area contributed by atoms with Gasteiger partial charge in [0.05, 0.1) is 0 Å². The summed E-state index contributed by atoms with van der Waals surface area (Å²) in [5.41, 5.74) is 11.4. The minimum Gasteiger partial charge on any atom is -0.455 e. The molecular formula is C44H28O. The smallest absolute Gasteiger partial charge is 0.143 e. The highest BCUT2D eigenvalue weighted by molar-refractivity contribution is 6.22. The summed E-state index contributed by atoms with van der Waals surface area (Å²) in [6, 6.07) is 60.8. The van der Waals surface area contributed by atoms with Gasteiger partial charge in [0.15, 0.2) is 0 Å². The molecule has 0 aliphatic heterocycles. The van der Waals surface area contributed by atoms with E-state index >= 15 is 0 Å². The van der Waals surface area contributed by atoms with Crippen molar-refractivity contribution in [2.45, 2.75) is 0 Å². The quantitative estimate of drug-likeness (QED) is 0.191. The van der Waals surface area contributed by atoms with Crippen LogP contribution >= 0.6 is 0 Å². The predicted molar refractivity (Wildman–Crippen MR) is 190 cm³/mol. The molecule has 0 atom stereocenters. The molecule has 0 spiro atoms. The second kappa shape index (κ2) is 10.4. The van der Waals surface area contributed by atoms with Gasteiger partial charge in [-0.25, -0.2) is 0 Å². The van der Waals surface area contributed by atoms with Gasteiger partial charge < -0.3 is 4.42 Å². The lowest BCUT2D eigenvalue weighted by Crippen LogP contribution is -1.90. The van der Waals surface area contributed by atoms with Crippen LogP contribution in [-0.4, -0.2) is 0 Å². The Labute approximate surface area is 261 Å². The van der Waals surface area contributed by atoms with Crippen LogP contribution in [0, 0.1) is 0 Å². The van der Waals surface area contributed by atoms with Crippen LogP contribution < -0.4 is 0 Å². The number of hydrogen-bond acceptors (Lipinski definition) is 1. The van der Waals surface area contributed by atoms with E-state index in [4.69, 9.17) is 4.42 Å². The average Bonchev–Trinajstić information content (AvgIpc) is 3.49. The summed E-state index contributed by atoms with van der Waals surface area (Å²) >= 11 is 0. The van der Waals surface area contributed by atoms with Crippen LogP contribution in [0.2, 0.25) is 0 Å². The van der Waals surface area contributed by atoms with Gasteiger partial charge in [0.1, 0.15) is 11.2 Å². The molecule has 0 aliphatic rings. The van der Waals surface area contributed by atoms with E-state index in [0.29, 0.717) is 0 Å². The third-order valence-corrected chi connectivity index (χ3v) is 9.06. The fraction of sp³-hybridized carbons (Fsp3) is 0. The lowest BCUT2D eigenvalue weighted by molar-refractivity contribution is 0.670. The van der Waals surface area contributed by atoms with Crippen molar-refractivity contribution < 1.29 is 4.42 Å². The maximum Gasteiger partial charge on any atom is 0.143 e. The van der Waals surface area contributed by atoms with E-state index in [1.165, 1.54) is 54.9 Å². The van der Waals surface area contributed by atoms with Gasteiger partial charge in [0, 0.05) is 16.3 Å². The van der Waals surface area contributed by atoms with Gasteiger partial charge >= 0.3 is 0 Å². The Bertz CT molecular complexity index is 2460. The molecule has 1 heteroatoms. The zero-order chi connectivity index (χ0) is 29.7. The SMILES string of the molecule is c1ccc(-c2cccc(-c3cccc4c3oc3ccc(-c5c6ccccc6c(-c6ccccc6)c6ccccc56)cc34)c2)cc1. The van der Waals surface area contributed by atoms with Gasteiger partial charge in [-0.2, -0.15) is 0 Å². The molecule has 0 saturated carbocycles. The molecule has 9 aromatic rings. The van der Waals surface area contributed by atoms with Crippen molar-refractivity contribution in [2.75, 3.05) is 0 Å². The summed E-state index contributed by atoms with van der Waals surface area (Å²) in [7, 11) is 0. The minimum absolute atomic E-state index is 0.898. The molecule has 0 N–H and O–H groups in total. The first-order valence-corrected chi connectivity index (χ1v) is 15.4. The molecule has 210 valence electrons. The number of benzene rings is 8. The number of rotatable bonds is 4. The Balaban J connectivity index is 1.27. The molecule has 45 heavy (non-hydrogen) atoms. The summed E-state index contributed by atoms with van der Waals surface area (Å²) in [6.07, 6.45) is 0. The Morgan fingerprint density at radius 3 is 1.47 bits per heavy atom. The molecule has 8 aromatic carbocycles. The van der Waals surface area contributed by atoms with E-state index in [2.05, 4.69) is 170 Å². The van der Waals surface area contributed by atoms with Crippen molar-refractivity contribution in [3.05, 3.63) is 170 Å². The van der Waals surface area contributed by atoms with Crippen molar-refractivity contribution in [1.29, 1.82) is 0 Å². The third kappa shape index (κ3) is 4.17. The highest BCUT2D eigenvalue weighted by Gasteiger charge is 2.18. The van der Waals surface area contributed by atoms with Crippen molar-refractivity contribution in [2.24, 2.45) is 0 Å². The van der Waals surface area contributed by atoms with Crippen LogP contribution in [-0.2, 0) is 0 Å². The van der Waals surface area contributed by atoms with Gasteiger partial charge in [-0.1, -0.05) is 152 Å². The van der Waals surface area contributed by atoms with Gasteiger partial charge in [-0.05, 0) is 78.7 Å². The highest BCUT2D eigenvalue weighted by Crippen LogP contribution is 2.45. The molecule has 0 fully saturated rings. The monoisotopic (exact) mass is 572 g/mol. The number of fused-ring (bicyclic) bond motifs is 5. The fourth-order valence-electron chi connectivity index (χ4n) is 7.03. The standard InChI is InChI=1S/C44H28O/c1-3-13-29(14-4-1)31-17-11-18-32(27-31)34-23-12-24-39-40-28-33(25-26-41(40)45-44(34)39)43-37-21-9-7-19-35(37)42(30-15-5-2-6-16-30)36-20-8-10-22-38(36)43/h1-28H. The maximum absolute atomic E-state index is 6.63. The van der Waals surface area contributed by atoms with E-state index < -0.39 is 0 Å². The van der Waals surface area contributed by atoms with Crippen LogP contribution in [0.5, 0.6) is 0 Å². The largest absolute Gasteiger partial charge is 0.455 e. The van der Waals surface area contributed by atoms with Crippen molar-refractivity contribution in [3.63, 3.8) is 0 Å². The first-order chi connectivity index (χ1) is 22.3. The van der Waals surface area contributed by atoms with Gasteiger partial charge in [0.2, 0.25) is 0 Å². The molecule has 1 nitrogen and oxygen atoms in total. The fourth-order valence-corrected chi connectivity index (χ4v) is 7.03. The molecule has 0 unspecified atom stereocenters. The molecule has 1 aromatic heterocycles. The number of hydrogen-bond donors (Lipinski definition) is 0. The zero-order valence-electron chi connectivity index (χ0n) is 24.6. The minimum atomic E-state index is 0.898. The Morgan fingerprint density at radius 2 is 0.800 bits per heavy atom. The van der Waals surface area contributed by atoms with Crippen molar-refractivity contribution in [1.82, 2.24) is 0 Å².